The number of amides is 1. The number of carbonyl (C=O) groups excluding carboxylic acids is 1. The fourth-order valence-electron chi connectivity index (χ4n) is 1.84. The topological polar surface area (TPSA) is 42.0 Å². The number of aromatic nitrogens is 1. The van der Waals surface area contributed by atoms with Crippen LogP contribution in [0.3, 0.4) is 0 Å². The second-order valence-electron chi connectivity index (χ2n) is 4.81. The van der Waals surface area contributed by atoms with Gasteiger partial charge in [-0.15, -0.1) is 0 Å². The molecular formula is C16H16ClFN2O. The zero-order valence-electron chi connectivity index (χ0n) is 11.9. The molecule has 1 unspecified atom stereocenters. The summed E-state index contributed by atoms with van der Waals surface area (Å²) in [5, 5.41) is 3.17. The van der Waals surface area contributed by atoms with Crippen molar-refractivity contribution in [3.05, 3.63) is 52.9 Å². The van der Waals surface area contributed by atoms with E-state index in [1.165, 1.54) is 12.1 Å². The first kappa shape index (κ1) is 15.4. The Morgan fingerprint density at radius 3 is 2.81 bits per heavy atom. The maximum atomic E-state index is 14.2. The lowest BCUT2D eigenvalue weighted by atomic mass is 10.1. The maximum absolute atomic E-state index is 14.2. The van der Waals surface area contributed by atoms with E-state index in [0.717, 1.165) is 6.42 Å². The summed E-state index contributed by atoms with van der Waals surface area (Å²) in [7, 11) is 0. The standard InChI is InChI=1S/C16H16ClFN2O/c1-3-10(2)20-16(21)11-6-7-12(14(18)9-11)15-13(17)5-4-8-19-15/h4-10H,3H2,1-2H3,(H,20,21). The van der Waals surface area contributed by atoms with Gasteiger partial charge in [0.1, 0.15) is 5.82 Å². The summed E-state index contributed by atoms with van der Waals surface area (Å²) < 4.78 is 14.2. The smallest absolute Gasteiger partial charge is 0.251 e. The summed E-state index contributed by atoms with van der Waals surface area (Å²) in [5.74, 6) is -0.811. The van der Waals surface area contributed by atoms with Gasteiger partial charge in [-0.3, -0.25) is 9.78 Å². The van der Waals surface area contributed by atoms with E-state index in [2.05, 4.69) is 10.3 Å². The molecule has 110 valence electrons. The van der Waals surface area contributed by atoms with Gasteiger partial charge >= 0.3 is 0 Å². The molecule has 3 nitrogen and oxygen atoms in total. The molecular weight excluding hydrogens is 291 g/mol. The SMILES string of the molecule is CCC(C)NC(=O)c1ccc(-c2ncccc2Cl)c(F)c1. The fourth-order valence-corrected chi connectivity index (χ4v) is 2.06. The number of rotatable bonds is 4. The van der Waals surface area contributed by atoms with Gasteiger partial charge in [-0.2, -0.15) is 0 Å². The summed E-state index contributed by atoms with van der Waals surface area (Å²) in [5.41, 5.74) is 0.926. The molecule has 1 aromatic heterocycles. The summed E-state index contributed by atoms with van der Waals surface area (Å²) in [4.78, 5) is 16.0. The minimum atomic E-state index is -0.521. The van der Waals surface area contributed by atoms with Crippen LogP contribution in [0, 0.1) is 5.82 Å². The molecule has 0 fully saturated rings. The van der Waals surface area contributed by atoms with E-state index in [9.17, 15) is 9.18 Å². The Morgan fingerprint density at radius 2 is 2.19 bits per heavy atom. The molecule has 0 saturated carbocycles. The molecule has 0 aliphatic carbocycles. The number of nitrogens with zero attached hydrogens (tertiary/aromatic N) is 1. The van der Waals surface area contributed by atoms with Crippen LogP contribution < -0.4 is 5.32 Å². The van der Waals surface area contributed by atoms with Crippen molar-refractivity contribution in [1.82, 2.24) is 10.3 Å². The van der Waals surface area contributed by atoms with Crippen molar-refractivity contribution in [2.45, 2.75) is 26.3 Å². The van der Waals surface area contributed by atoms with E-state index in [1.807, 2.05) is 13.8 Å². The zero-order chi connectivity index (χ0) is 15.4. The molecule has 0 bridgehead atoms. The predicted molar refractivity (Wildman–Crippen MR) is 81.9 cm³/mol. The normalized spacial score (nSPS) is 12.0. The van der Waals surface area contributed by atoms with Crippen molar-refractivity contribution in [3.63, 3.8) is 0 Å². The minimum Gasteiger partial charge on any atom is -0.350 e. The first-order valence-corrected chi connectivity index (χ1v) is 7.12. The lowest BCUT2D eigenvalue weighted by Crippen LogP contribution is -2.31. The Balaban J connectivity index is 2.30. The Kier molecular flexibility index (Phi) is 4.91. The first-order valence-electron chi connectivity index (χ1n) is 6.74. The number of benzene rings is 1. The van der Waals surface area contributed by atoms with Crippen LogP contribution in [0.4, 0.5) is 4.39 Å². The number of carbonyl (C=O) groups is 1. The number of nitrogens with one attached hydrogen (secondary N) is 1. The number of hydrogen-bond donors (Lipinski definition) is 1. The van der Waals surface area contributed by atoms with Crippen LogP contribution in [0.1, 0.15) is 30.6 Å². The third-order valence-electron chi connectivity index (χ3n) is 3.23. The van der Waals surface area contributed by atoms with E-state index < -0.39 is 5.82 Å². The van der Waals surface area contributed by atoms with E-state index in [-0.39, 0.29) is 23.1 Å². The first-order chi connectivity index (χ1) is 10.0. The van der Waals surface area contributed by atoms with Crippen molar-refractivity contribution in [2.75, 3.05) is 0 Å². The van der Waals surface area contributed by atoms with Gasteiger partial charge < -0.3 is 5.32 Å². The molecule has 0 aliphatic heterocycles. The summed E-state index contributed by atoms with van der Waals surface area (Å²) >= 11 is 6.01. The summed E-state index contributed by atoms with van der Waals surface area (Å²) in [6.07, 6.45) is 2.36. The quantitative estimate of drug-likeness (QED) is 0.925. The molecule has 0 saturated heterocycles. The van der Waals surface area contributed by atoms with E-state index in [0.29, 0.717) is 10.7 Å². The molecule has 21 heavy (non-hydrogen) atoms. The Morgan fingerprint density at radius 1 is 1.43 bits per heavy atom. The molecule has 1 N–H and O–H groups in total. The van der Waals surface area contributed by atoms with Gasteiger partial charge in [0, 0.05) is 23.4 Å². The third kappa shape index (κ3) is 3.58. The maximum Gasteiger partial charge on any atom is 0.251 e. The number of hydrogen-bond acceptors (Lipinski definition) is 2. The van der Waals surface area contributed by atoms with Crippen LogP contribution in [0.2, 0.25) is 5.02 Å². The van der Waals surface area contributed by atoms with Crippen LogP contribution in [0.5, 0.6) is 0 Å². The fraction of sp³-hybridized carbons (Fsp3) is 0.250. The molecule has 2 rings (SSSR count). The van der Waals surface area contributed by atoms with Crippen LogP contribution >= 0.6 is 11.6 Å². The highest BCUT2D eigenvalue weighted by atomic mass is 35.5. The second kappa shape index (κ2) is 6.68. The molecule has 0 spiro atoms. The van der Waals surface area contributed by atoms with Crippen LogP contribution in [0.25, 0.3) is 11.3 Å². The van der Waals surface area contributed by atoms with Gasteiger partial charge in [0.2, 0.25) is 0 Å². The van der Waals surface area contributed by atoms with Crippen molar-refractivity contribution < 1.29 is 9.18 Å². The zero-order valence-corrected chi connectivity index (χ0v) is 12.6. The van der Waals surface area contributed by atoms with Gasteiger partial charge in [0.05, 0.1) is 10.7 Å². The van der Waals surface area contributed by atoms with Gasteiger partial charge in [-0.05, 0) is 43.7 Å². The highest BCUT2D eigenvalue weighted by Crippen LogP contribution is 2.27. The molecule has 1 heterocycles. The molecule has 2 aromatic rings. The average molecular weight is 307 g/mol. The average Bonchev–Trinajstić information content (AvgIpc) is 2.48. The van der Waals surface area contributed by atoms with E-state index >= 15 is 0 Å². The largest absolute Gasteiger partial charge is 0.350 e. The molecule has 5 heteroatoms. The van der Waals surface area contributed by atoms with E-state index in [1.54, 1.807) is 24.4 Å². The Bertz CT molecular complexity index is 660. The molecule has 0 aliphatic rings. The summed E-state index contributed by atoms with van der Waals surface area (Å²) in [6, 6.07) is 7.67. The highest BCUT2D eigenvalue weighted by molar-refractivity contribution is 6.33. The molecule has 1 amide bonds. The van der Waals surface area contributed by atoms with Crippen molar-refractivity contribution >= 4 is 17.5 Å². The highest BCUT2D eigenvalue weighted by Gasteiger charge is 2.14. The Hall–Kier alpha value is -1.94. The molecule has 1 atom stereocenters. The number of pyridine rings is 1. The minimum absolute atomic E-state index is 0.0467. The van der Waals surface area contributed by atoms with Crippen molar-refractivity contribution in [3.8, 4) is 11.3 Å². The third-order valence-corrected chi connectivity index (χ3v) is 3.54. The number of halogens is 2. The predicted octanol–water partition coefficient (Wildman–Crippen LogP) is 4.07. The molecule has 1 aromatic carbocycles. The van der Waals surface area contributed by atoms with Crippen LogP contribution in [0.15, 0.2) is 36.5 Å². The summed E-state index contributed by atoms with van der Waals surface area (Å²) in [6.45, 7) is 3.87. The van der Waals surface area contributed by atoms with Crippen LogP contribution in [-0.2, 0) is 0 Å². The monoisotopic (exact) mass is 306 g/mol. The van der Waals surface area contributed by atoms with Crippen LogP contribution in [-0.4, -0.2) is 16.9 Å². The Labute approximate surface area is 128 Å². The van der Waals surface area contributed by atoms with Gasteiger partial charge in [0.25, 0.3) is 5.91 Å². The van der Waals surface area contributed by atoms with Gasteiger partial charge in [-0.25, -0.2) is 4.39 Å². The second-order valence-corrected chi connectivity index (χ2v) is 5.22. The van der Waals surface area contributed by atoms with Gasteiger partial charge in [0.15, 0.2) is 0 Å². The van der Waals surface area contributed by atoms with Gasteiger partial charge in [-0.1, -0.05) is 18.5 Å². The van der Waals surface area contributed by atoms with Crippen molar-refractivity contribution in [1.29, 1.82) is 0 Å². The molecule has 0 radical (unpaired) electrons. The lowest BCUT2D eigenvalue weighted by molar-refractivity contribution is 0.0939. The lowest BCUT2D eigenvalue weighted by Gasteiger charge is -2.12. The van der Waals surface area contributed by atoms with E-state index in [4.69, 9.17) is 11.6 Å². The van der Waals surface area contributed by atoms with Crippen molar-refractivity contribution in [2.24, 2.45) is 0 Å².